The number of nitrogens with two attached hydrogens (primary N) is 1. The van der Waals surface area contributed by atoms with Crippen LogP contribution in [-0.4, -0.2) is 10.5 Å². The van der Waals surface area contributed by atoms with Crippen LogP contribution in [0.15, 0.2) is 58.3 Å². The van der Waals surface area contributed by atoms with Gasteiger partial charge in [-0.25, -0.2) is 0 Å². The highest BCUT2D eigenvalue weighted by Crippen LogP contribution is 2.27. The summed E-state index contributed by atoms with van der Waals surface area (Å²) in [5.74, 6) is -0.0909. The van der Waals surface area contributed by atoms with Gasteiger partial charge in [0.15, 0.2) is 9.79 Å². The number of amides is 1. The maximum Gasteiger partial charge on any atom is 0.224 e. The van der Waals surface area contributed by atoms with E-state index in [-0.39, 0.29) is 5.91 Å². The topological polar surface area (TPSA) is 78.2 Å². The Hall–Kier alpha value is -1.98. The Morgan fingerprint density at radius 1 is 1.19 bits per heavy atom. The van der Waals surface area contributed by atoms with Crippen LogP contribution in [-0.2, 0) is 16.0 Å². The van der Waals surface area contributed by atoms with Crippen molar-refractivity contribution in [2.75, 3.05) is 11.1 Å². The zero-order valence-electron chi connectivity index (χ0n) is 11.8. The predicted molar refractivity (Wildman–Crippen MR) is 85.5 cm³/mol. The first-order chi connectivity index (χ1) is 10.1. The van der Waals surface area contributed by atoms with Crippen molar-refractivity contribution in [1.29, 1.82) is 0 Å². The number of carbonyl (C=O) groups is 1. The van der Waals surface area contributed by atoms with Crippen LogP contribution in [0.3, 0.4) is 0 Å². The number of carbonyl (C=O) groups excluding carboxylic acids is 1. The summed E-state index contributed by atoms with van der Waals surface area (Å²) in [5, 5.41) is 2.76. The van der Waals surface area contributed by atoms with Crippen molar-refractivity contribution in [2.24, 2.45) is 0 Å². The molecule has 0 spiro atoms. The molecule has 0 aromatic heterocycles. The first-order valence-corrected chi connectivity index (χ1v) is 7.93. The van der Waals surface area contributed by atoms with E-state index in [4.69, 9.17) is 5.73 Å². The van der Waals surface area contributed by atoms with Crippen molar-refractivity contribution < 1.29 is 9.35 Å². The molecule has 4 nitrogen and oxygen atoms in total. The average molecular weight is 302 g/mol. The van der Waals surface area contributed by atoms with E-state index in [1.165, 1.54) is 0 Å². The number of nitrogen functional groups attached to an aromatic ring is 1. The maximum absolute atomic E-state index is 12.5. The van der Waals surface area contributed by atoms with Crippen molar-refractivity contribution >= 4 is 28.5 Å². The molecule has 2 aromatic rings. The maximum atomic E-state index is 12.5. The molecule has 0 heterocycles. The lowest BCUT2D eigenvalue weighted by Gasteiger charge is -2.13. The first kappa shape index (κ1) is 15.4. The largest absolute Gasteiger partial charge is 0.606 e. The van der Waals surface area contributed by atoms with Gasteiger partial charge in [-0.3, -0.25) is 4.79 Å². The number of rotatable bonds is 5. The molecule has 2 aromatic carbocycles. The lowest BCUT2D eigenvalue weighted by molar-refractivity contribution is -0.116. The molecule has 1 atom stereocenters. The highest BCUT2D eigenvalue weighted by Gasteiger charge is 2.16. The SMILES string of the molecule is CCCC(=O)Nc1cc([S+]([O-])c2ccccc2)ccc1N. The molecule has 5 heteroatoms. The molecule has 0 saturated carbocycles. The fourth-order valence-corrected chi connectivity index (χ4v) is 2.97. The predicted octanol–water partition coefficient (Wildman–Crippen LogP) is 3.17. The van der Waals surface area contributed by atoms with Crippen molar-refractivity contribution in [2.45, 2.75) is 29.6 Å². The third kappa shape index (κ3) is 4.00. The number of hydrogen-bond acceptors (Lipinski definition) is 3. The zero-order valence-corrected chi connectivity index (χ0v) is 12.7. The van der Waals surface area contributed by atoms with Gasteiger partial charge in [0.1, 0.15) is 0 Å². The zero-order chi connectivity index (χ0) is 15.2. The minimum absolute atomic E-state index is 0.0909. The summed E-state index contributed by atoms with van der Waals surface area (Å²) >= 11 is -1.29. The number of nitrogens with one attached hydrogen (secondary N) is 1. The van der Waals surface area contributed by atoms with Gasteiger partial charge in [-0.2, -0.15) is 0 Å². The second-order valence-corrected chi connectivity index (χ2v) is 6.11. The van der Waals surface area contributed by atoms with E-state index in [0.717, 1.165) is 6.42 Å². The third-order valence-corrected chi connectivity index (χ3v) is 4.33. The van der Waals surface area contributed by atoms with Gasteiger partial charge < -0.3 is 15.6 Å². The third-order valence-electron chi connectivity index (χ3n) is 2.95. The van der Waals surface area contributed by atoms with E-state index < -0.39 is 11.2 Å². The van der Waals surface area contributed by atoms with Crippen LogP contribution in [0.1, 0.15) is 19.8 Å². The van der Waals surface area contributed by atoms with Crippen molar-refractivity contribution in [3.63, 3.8) is 0 Å². The van der Waals surface area contributed by atoms with Gasteiger partial charge in [0.05, 0.1) is 11.4 Å². The molecule has 0 radical (unpaired) electrons. The molecule has 0 aliphatic heterocycles. The molecule has 0 fully saturated rings. The minimum atomic E-state index is -1.29. The van der Waals surface area contributed by atoms with Crippen LogP contribution < -0.4 is 11.1 Å². The molecule has 1 amide bonds. The lowest BCUT2D eigenvalue weighted by Crippen LogP contribution is -2.13. The molecule has 110 valence electrons. The molecular weight excluding hydrogens is 284 g/mol. The second-order valence-electron chi connectivity index (χ2n) is 4.63. The monoisotopic (exact) mass is 302 g/mol. The fourth-order valence-electron chi connectivity index (χ4n) is 1.88. The normalized spacial score (nSPS) is 11.9. The Kier molecular flexibility index (Phi) is 5.25. The summed E-state index contributed by atoms with van der Waals surface area (Å²) in [6, 6.07) is 14.2. The number of hydrogen-bond donors (Lipinski definition) is 2. The summed E-state index contributed by atoms with van der Waals surface area (Å²) in [4.78, 5) is 13.0. The van der Waals surface area contributed by atoms with Gasteiger partial charge in [0, 0.05) is 23.7 Å². The van der Waals surface area contributed by atoms with Gasteiger partial charge in [-0.15, -0.1) is 0 Å². The molecule has 21 heavy (non-hydrogen) atoms. The first-order valence-electron chi connectivity index (χ1n) is 6.78. The fraction of sp³-hybridized carbons (Fsp3) is 0.188. The summed E-state index contributed by atoms with van der Waals surface area (Å²) in [5.41, 5.74) is 6.83. The Labute approximate surface area is 127 Å². The molecule has 0 aliphatic carbocycles. The van der Waals surface area contributed by atoms with Crippen LogP contribution in [0.2, 0.25) is 0 Å². The van der Waals surface area contributed by atoms with Gasteiger partial charge in [0.25, 0.3) is 0 Å². The molecule has 1 unspecified atom stereocenters. The lowest BCUT2D eigenvalue weighted by atomic mass is 10.2. The van der Waals surface area contributed by atoms with Crippen molar-refractivity contribution in [3.05, 3.63) is 48.5 Å². The van der Waals surface area contributed by atoms with E-state index in [1.54, 1.807) is 18.2 Å². The Morgan fingerprint density at radius 3 is 2.57 bits per heavy atom. The molecule has 0 bridgehead atoms. The average Bonchev–Trinajstić information content (AvgIpc) is 2.50. The quantitative estimate of drug-likeness (QED) is 0.657. The van der Waals surface area contributed by atoms with Crippen molar-refractivity contribution in [3.8, 4) is 0 Å². The van der Waals surface area contributed by atoms with E-state index in [0.29, 0.717) is 27.6 Å². The standard InChI is InChI=1S/C16H18N2O2S/c1-2-6-16(19)18-15-11-13(9-10-14(15)17)21(20)12-7-4-3-5-8-12/h3-5,7-11H,2,6,17H2,1H3,(H,18,19). The number of anilines is 2. The van der Waals surface area contributed by atoms with Crippen LogP contribution >= 0.6 is 0 Å². The van der Waals surface area contributed by atoms with Crippen LogP contribution in [0.25, 0.3) is 0 Å². The van der Waals surface area contributed by atoms with Crippen molar-refractivity contribution in [1.82, 2.24) is 0 Å². The van der Waals surface area contributed by atoms with Crippen LogP contribution in [0.5, 0.6) is 0 Å². The van der Waals surface area contributed by atoms with Gasteiger partial charge in [-0.1, -0.05) is 25.1 Å². The second kappa shape index (κ2) is 7.15. The van der Waals surface area contributed by atoms with Crippen LogP contribution in [0, 0.1) is 0 Å². The van der Waals surface area contributed by atoms with E-state index in [9.17, 15) is 9.35 Å². The summed E-state index contributed by atoms with van der Waals surface area (Å²) in [7, 11) is 0. The molecule has 3 N–H and O–H groups in total. The van der Waals surface area contributed by atoms with Gasteiger partial charge in [0.2, 0.25) is 5.91 Å². The Morgan fingerprint density at radius 2 is 1.90 bits per heavy atom. The molecular formula is C16H18N2O2S. The highest BCUT2D eigenvalue weighted by molar-refractivity contribution is 7.91. The molecule has 0 saturated heterocycles. The Bertz CT molecular complexity index is 617. The highest BCUT2D eigenvalue weighted by atomic mass is 32.2. The summed E-state index contributed by atoms with van der Waals surface area (Å²) in [6.45, 7) is 1.93. The van der Waals surface area contributed by atoms with Gasteiger partial charge >= 0.3 is 0 Å². The summed E-state index contributed by atoms with van der Waals surface area (Å²) in [6.07, 6.45) is 1.20. The molecule has 0 aliphatic rings. The summed E-state index contributed by atoms with van der Waals surface area (Å²) < 4.78 is 12.5. The van der Waals surface area contributed by atoms with Gasteiger partial charge in [-0.05, 0) is 30.7 Å². The Balaban J connectivity index is 2.24. The van der Waals surface area contributed by atoms with E-state index in [1.807, 2.05) is 37.3 Å². The van der Waals surface area contributed by atoms with Crippen LogP contribution in [0.4, 0.5) is 11.4 Å². The molecule has 2 rings (SSSR count). The van der Waals surface area contributed by atoms with E-state index >= 15 is 0 Å². The smallest absolute Gasteiger partial charge is 0.224 e. The minimum Gasteiger partial charge on any atom is -0.606 e. The number of benzene rings is 2. The van der Waals surface area contributed by atoms with E-state index in [2.05, 4.69) is 5.32 Å².